The van der Waals surface area contributed by atoms with Gasteiger partial charge in [-0.2, -0.15) is 0 Å². The van der Waals surface area contributed by atoms with Crippen molar-refractivity contribution >= 4 is 15.7 Å². The van der Waals surface area contributed by atoms with Gasteiger partial charge < -0.3 is 5.32 Å². The number of pyridine rings is 1. The second-order valence-electron chi connectivity index (χ2n) is 5.35. The maximum absolute atomic E-state index is 13.9. The van der Waals surface area contributed by atoms with E-state index in [1.807, 2.05) is 6.92 Å². The van der Waals surface area contributed by atoms with E-state index in [9.17, 15) is 17.6 Å². The number of aromatic nitrogens is 1. The van der Waals surface area contributed by atoms with Crippen LogP contribution in [0, 0.1) is 12.7 Å². The molecule has 7 heteroatoms. The van der Waals surface area contributed by atoms with Crippen molar-refractivity contribution in [2.45, 2.75) is 24.8 Å². The monoisotopic (exact) mass is 336 g/mol. The SMILES string of the molecule is Cc1ccc(C(=O)N[C@@H](C)c2ccc(S(C)(=O)=O)c(F)c2)cn1. The smallest absolute Gasteiger partial charge is 0.253 e. The third-order valence-electron chi connectivity index (χ3n) is 3.38. The van der Waals surface area contributed by atoms with Crippen LogP contribution in [-0.2, 0) is 9.84 Å². The maximum atomic E-state index is 13.9. The van der Waals surface area contributed by atoms with Crippen molar-refractivity contribution in [1.82, 2.24) is 10.3 Å². The van der Waals surface area contributed by atoms with Crippen LogP contribution in [0.3, 0.4) is 0 Å². The molecule has 2 rings (SSSR count). The van der Waals surface area contributed by atoms with Crippen molar-refractivity contribution in [2.24, 2.45) is 0 Å². The highest BCUT2D eigenvalue weighted by Crippen LogP contribution is 2.20. The zero-order valence-electron chi connectivity index (χ0n) is 13.0. The summed E-state index contributed by atoms with van der Waals surface area (Å²) in [7, 11) is -3.62. The molecule has 2 aromatic rings. The van der Waals surface area contributed by atoms with Gasteiger partial charge in [-0.15, -0.1) is 0 Å². The van der Waals surface area contributed by atoms with Crippen molar-refractivity contribution in [2.75, 3.05) is 6.26 Å². The van der Waals surface area contributed by atoms with E-state index < -0.39 is 21.7 Å². The Hall–Kier alpha value is -2.28. The lowest BCUT2D eigenvalue weighted by Gasteiger charge is -2.15. The lowest BCUT2D eigenvalue weighted by molar-refractivity contribution is 0.0939. The summed E-state index contributed by atoms with van der Waals surface area (Å²) in [6, 6.07) is 6.70. The number of amides is 1. The van der Waals surface area contributed by atoms with E-state index in [-0.39, 0.29) is 10.8 Å². The molecule has 0 fully saturated rings. The third-order valence-corrected chi connectivity index (χ3v) is 4.51. The Bertz CT molecular complexity index is 833. The first-order chi connectivity index (χ1) is 10.7. The normalized spacial score (nSPS) is 12.7. The van der Waals surface area contributed by atoms with Crippen molar-refractivity contribution in [3.63, 3.8) is 0 Å². The van der Waals surface area contributed by atoms with Gasteiger partial charge in [0.05, 0.1) is 11.6 Å². The first-order valence-electron chi connectivity index (χ1n) is 6.91. The van der Waals surface area contributed by atoms with E-state index in [0.29, 0.717) is 11.1 Å². The van der Waals surface area contributed by atoms with Crippen LogP contribution in [0.2, 0.25) is 0 Å². The molecule has 122 valence electrons. The summed E-state index contributed by atoms with van der Waals surface area (Å²) < 4.78 is 36.7. The van der Waals surface area contributed by atoms with Gasteiger partial charge in [-0.3, -0.25) is 9.78 Å². The summed E-state index contributed by atoms with van der Waals surface area (Å²) in [6.07, 6.45) is 2.41. The highest BCUT2D eigenvalue weighted by Gasteiger charge is 2.17. The number of nitrogens with zero attached hydrogens (tertiary/aromatic N) is 1. The number of benzene rings is 1. The Labute approximate surface area is 134 Å². The van der Waals surface area contributed by atoms with Crippen LogP contribution < -0.4 is 5.32 Å². The average Bonchev–Trinajstić information content (AvgIpc) is 2.46. The molecule has 1 N–H and O–H groups in total. The average molecular weight is 336 g/mol. The van der Waals surface area contributed by atoms with E-state index in [1.165, 1.54) is 18.3 Å². The number of nitrogens with one attached hydrogen (secondary N) is 1. The highest BCUT2D eigenvalue weighted by atomic mass is 32.2. The number of aryl methyl sites for hydroxylation is 1. The minimum atomic E-state index is -3.62. The summed E-state index contributed by atoms with van der Waals surface area (Å²) in [5, 5.41) is 2.72. The van der Waals surface area contributed by atoms with Crippen LogP contribution >= 0.6 is 0 Å². The molecule has 0 unspecified atom stereocenters. The summed E-state index contributed by atoms with van der Waals surface area (Å²) in [4.78, 5) is 15.8. The third kappa shape index (κ3) is 4.13. The van der Waals surface area contributed by atoms with Crippen molar-refractivity contribution in [3.05, 3.63) is 59.2 Å². The lowest BCUT2D eigenvalue weighted by atomic mass is 10.1. The van der Waals surface area contributed by atoms with Gasteiger partial charge in [0.25, 0.3) is 5.91 Å². The first kappa shape index (κ1) is 17.1. The van der Waals surface area contributed by atoms with Crippen LogP contribution in [0.1, 0.15) is 34.6 Å². The molecule has 1 atom stereocenters. The fraction of sp³-hybridized carbons (Fsp3) is 0.250. The second kappa shape index (κ2) is 6.45. The molecule has 1 aromatic heterocycles. The summed E-state index contributed by atoms with van der Waals surface area (Å²) in [5.41, 5.74) is 1.67. The fourth-order valence-corrected chi connectivity index (χ4v) is 2.78. The van der Waals surface area contributed by atoms with Gasteiger partial charge >= 0.3 is 0 Å². The Morgan fingerprint density at radius 2 is 1.96 bits per heavy atom. The minimum Gasteiger partial charge on any atom is -0.345 e. The number of hydrogen-bond donors (Lipinski definition) is 1. The topological polar surface area (TPSA) is 76.1 Å². The Kier molecular flexibility index (Phi) is 4.79. The summed E-state index contributed by atoms with van der Waals surface area (Å²) in [6.45, 7) is 3.50. The van der Waals surface area contributed by atoms with Gasteiger partial charge in [0.2, 0.25) is 0 Å². The lowest BCUT2D eigenvalue weighted by Crippen LogP contribution is -2.26. The quantitative estimate of drug-likeness (QED) is 0.930. The van der Waals surface area contributed by atoms with E-state index in [2.05, 4.69) is 10.3 Å². The molecule has 0 bridgehead atoms. The van der Waals surface area contributed by atoms with E-state index in [0.717, 1.165) is 18.0 Å². The van der Waals surface area contributed by atoms with E-state index in [1.54, 1.807) is 19.1 Å². The van der Waals surface area contributed by atoms with Gasteiger partial charge in [0.15, 0.2) is 9.84 Å². The molecule has 0 aliphatic carbocycles. The number of halogens is 1. The first-order valence-corrected chi connectivity index (χ1v) is 8.80. The molecule has 0 spiro atoms. The molecule has 1 aromatic carbocycles. The van der Waals surface area contributed by atoms with Crippen molar-refractivity contribution in [1.29, 1.82) is 0 Å². The standard InChI is InChI=1S/C16H17FN2O3S/c1-10-4-5-13(9-18-10)16(20)19-11(2)12-6-7-15(14(17)8-12)23(3,21)22/h4-9,11H,1-3H3,(H,19,20)/t11-/m0/s1. The van der Waals surface area contributed by atoms with Gasteiger partial charge in [-0.25, -0.2) is 12.8 Å². The van der Waals surface area contributed by atoms with E-state index in [4.69, 9.17) is 0 Å². The molecule has 0 aliphatic rings. The summed E-state index contributed by atoms with van der Waals surface area (Å²) in [5.74, 6) is -1.17. The summed E-state index contributed by atoms with van der Waals surface area (Å²) >= 11 is 0. The largest absolute Gasteiger partial charge is 0.345 e. The molecule has 1 heterocycles. The molecular formula is C16H17FN2O3S. The zero-order chi connectivity index (χ0) is 17.2. The molecule has 23 heavy (non-hydrogen) atoms. The predicted octanol–water partition coefficient (Wildman–Crippen LogP) is 2.42. The maximum Gasteiger partial charge on any atom is 0.253 e. The molecular weight excluding hydrogens is 319 g/mol. The molecule has 0 saturated heterocycles. The Morgan fingerprint density at radius 1 is 1.26 bits per heavy atom. The Balaban J connectivity index is 2.17. The fourth-order valence-electron chi connectivity index (χ4n) is 2.05. The van der Waals surface area contributed by atoms with Gasteiger partial charge in [0, 0.05) is 18.1 Å². The van der Waals surface area contributed by atoms with Crippen LogP contribution in [-0.4, -0.2) is 25.6 Å². The molecule has 5 nitrogen and oxygen atoms in total. The van der Waals surface area contributed by atoms with Crippen LogP contribution in [0.5, 0.6) is 0 Å². The second-order valence-corrected chi connectivity index (χ2v) is 7.33. The number of sulfone groups is 1. The van der Waals surface area contributed by atoms with Gasteiger partial charge in [0.1, 0.15) is 10.7 Å². The van der Waals surface area contributed by atoms with E-state index >= 15 is 0 Å². The highest BCUT2D eigenvalue weighted by molar-refractivity contribution is 7.90. The Morgan fingerprint density at radius 3 is 2.48 bits per heavy atom. The van der Waals surface area contributed by atoms with Gasteiger partial charge in [-0.05, 0) is 43.7 Å². The van der Waals surface area contributed by atoms with Crippen molar-refractivity contribution in [3.8, 4) is 0 Å². The number of hydrogen-bond acceptors (Lipinski definition) is 4. The van der Waals surface area contributed by atoms with Crippen LogP contribution in [0.25, 0.3) is 0 Å². The minimum absolute atomic E-state index is 0.336. The zero-order valence-corrected chi connectivity index (χ0v) is 13.8. The number of rotatable bonds is 4. The van der Waals surface area contributed by atoms with Gasteiger partial charge in [-0.1, -0.05) is 6.07 Å². The molecule has 0 aliphatic heterocycles. The predicted molar refractivity (Wildman–Crippen MR) is 84.4 cm³/mol. The van der Waals surface area contributed by atoms with Crippen LogP contribution in [0.15, 0.2) is 41.4 Å². The molecule has 0 radical (unpaired) electrons. The van der Waals surface area contributed by atoms with Crippen LogP contribution in [0.4, 0.5) is 4.39 Å². The van der Waals surface area contributed by atoms with Crippen molar-refractivity contribution < 1.29 is 17.6 Å². The number of carbonyl (C=O) groups excluding carboxylic acids is 1. The molecule has 0 saturated carbocycles. The molecule has 1 amide bonds. The number of carbonyl (C=O) groups is 1.